The zero-order chi connectivity index (χ0) is 28.8. The normalized spacial score (nSPS) is 17.8. The van der Waals surface area contributed by atoms with E-state index in [1.165, 1.54) is 24.3 Å². The molecule has 2 aliphatic heterocycles. The highest BCUT2D eigenvalue weighted by Gasteiger charge is 2.46. The van der Waals surface area contributed by atoms with Crippen molar-refractivity contribution < 1.29 is 23.4 Å². The lowest BCUT2D eigenvalue weighted by molar-refractivity contribution is 0.0322. The highest BCUT2D eigenvalue weighted by Crippen LogP contribution is 2.52. The molecule has 0 amide bonds. The lowest BCUT2D eigenvalue weighted by Gasteiger charge is -2.34. The van der Waals surface area contributed by atoms with Crippen LogP contribution in [-0.2, 0) is 10.2 Å². The number of rotatable bonds is 6. The van der Waals surface area contributed by atoms with Gasteiger partial charge in [-0.25, -0.2) is 9.18 Å². The van der Waals surface area contributed by atoms with Crippen LogP contribution >= 0.6 is 11.8 Å². The van der Waals surface area contributed by atoms with E-state index >= 15 is 0 Å². The molecule has 2 aromatic heterocycles. The molecule has 0 unspecified atom stereocenters. The van der Waals surface area contributed by atoms with Gasteiger partial charge in [0.25, 0.3) is 5.56 Å². The minimum absolute atomic E-state index is 0.0485. The Balaban J connectivity index is 1.30. The largest absolute Gasteiger partial charge is 0.505 e. The Morgan fingerprint density at radius 1 is 1.00 bits per heavy atom. The van der Waals surface area contributed by atoms with Gasteiger partial charge in [0.15, 0.2) is 5.75 Å². The molecule has 42 heavy (non-hydrogen) atoms. The van der Waals surface area contributed by atoms with Gasteiger partial charge in [-0.15, -0.1) is 0 Å². The van der Waals surface area contributed by atoms with E-state index in [1.807, 2.05) is 12.1 Å². The van der Waals surface area contributed by atoms with Gasteiger partial charge in [0, 0.05) is 41.7 Å². The zero-order valence-electron chi connectivity index (χ0n) is 23.1. The molecular formula is C32H31FN2O6S. The fourth-order valence-corrected chi connectivity index (χ4v) is 7.50. The predicted octanol–water partition coefficient (Wildman–Crippen LogP) is 5.21. The quantitative estimate of drug-likeness (QED) is 0.327. The van der Waals surface area contributed by atoms with Crippen molar-refractivity contribution in [3.8, 4) is 17.2 Å². The third-order valence-electron chi connectivity index (χ3n) is 8.75. The number of benzene rings is 2. The molecule has 7 rings (SSSR count). The Bertz CT molecular complexity index is 1770. The van der Waals surface area contributed by atoms with E-state index < -0.39 is 28.2 Å². The molecule has 1 spiro atoms. The fraction of sp³-hybridized carbons (Fsp3) is 0.375. The van der Waals surface area contributed by atoms with Gasteiger partial charge < -0.3 is 19.0 Å². The van der Waals surface area contributed by atoms with Crippen molar-refractivity contribution in [3.05, 3.63) is 86.4 Å². The van der Waals surface area contributed by atoms with E-state index in [0.717, 1.165) is 99.4 Å². The van der Waals surface area contributed by atoms with Crippen molar-refractivity contribution in [2.75, 3.05) is 39.5 Å². The smallest absolute Gasteiger partial charge is 0.354 e. The van der Waals surface area contributed by atoms with Crippen molar-refractivity contribution in [2.45, 2.75) is 47.3 Å². The molecule has 0 atom stereocenters. The number of hydrogen-bond acceptors (Lipinski definition) is 8. The summed E-state index contributed by atoms with van der Waals surface area (Å²) in [5.41, 5.74) is 1.04. The van der Waals surface area contributed by atoms with Gasteiger partial charge in [-0.1, -0.05) is 31.0 Å². The summed E-state index contributed by atoms with van der Waals surface area (Å²) in [5, 5.41) is 11.2. The number of hydrogen-bond donors (Lipinski definition) is 1. The second-order valence-corrected chi connectivity index (χ2v) is 12.2. The van der Waals surface area contributed by atoms with Crippen LogP contribution in [0, 0.1) is 5.82 Å². The molecule has 1 N–H and O–H groups in total. The van der Waals surface area contributed by atoms with Crippen molar-refractivity contribution in [2.24, 2.45) is 0 Å². The van der Waals surface area contributed by atoms with Crippen LogP contribution in [-0.4, -0.2) is 54.0 Å². The molecule has 2 fully saturated rings. The molecule has 1 saturated carbocycles. The Hall–Kier alpha value is -3.60. The summed E-state index contributed by atoms with van der Waals surface area (Å²) in [5.74, 6) is -0.0845. The highest BCUT2D eigenvalue weighted by molar-refractivity contribution is 7.99. The Morgan fingerprint density at radius 2 is 1.76 bits per heavy atom. The van der Waals surface area contributed by atoms with E-state index in [1.54, 1.807) is 10.6 Å². The molecular weight excluding hydrogens is 559 g/mol. The summed E-state index contributed by atoms with van der Waals surface area (Å²) in [6.07, 6.45) is 4.85. The maximum atomic E-state index is 14.2. The molecule has 1 aliphatic carbocycles. The summed E-state index contributed by atoms with van der Waals surface area (Å²) in [4.78, 5) is 29.9. The number of halogens is 1. The van der Waals surface area contributed by atoms with Crippen molar-refractivity contribution in [1.29, 1.82) is 0 Å². The van der Waals surface area contributed by atoms with E-state index in [2.05, 4.69) is 11.0 Å². The lowest BCUT2D eigenvalue weighted by Crippen LogP contribution is -2.38. The van der Waals surface area contributed by atoms with Gasteiger partial charge in [-0.05, 0) is 60.9 Å². The van der Waals surface area contributed by atoms with Crippen LogP contribution in [0.2, 0.25) is 0 Å². The van der Waals surface area contributed by atoms with E-state index in [-0.39, 0.29) is 15.9 Å². The molecule has 3 aliphatic rings. The SMILES string of the molecule is O=c1oc2cc3n(c(=O)c2c(O)c1Sc1ccc(F)cc1)-c1ccc(OCCN2CCOCC2)cc1C31CCCCC1. The van der Waals surface area contributed by atoms with Gasteiger partial charge in [-0.3, -0.25) is 14.3 Å². The Labute approximate surface area is 245 Å². The standard InChI is InChI=1S/C32H31FN2O6S/c33-20-4-7-22(8-5-20)42-29-28(36)27-25(41-31(29)38)19-26-32(10-2-1-3-11-32)23-18-21(6-9-24(23)35(26)30(27)37)40-17-14-34-12-15-39-16-13-34/h4-9,18-19,36H,1-3,10-17H2. The average molecular weight is 591 g/mol. The zero-order valence-corrected chi connectivity index (χ0v) is 23.9. The topological polar surface area (TPSA) is 94.1 Å². The Kier molecular flexibility index (Phi) is 7.08. The molecule has 10 heteroatoms. The van der Waals surface area contributed by atoms with Gasteiger partial charge in [0.05, 0.1) is 18.9 Å². The van der Waals surface area contributed by atoms with Gasteiger partial charge in [-0.2, -0.15) is 0 Å². The second kappa shape index (κ2) is 10.9. The first kappa shape index (κ1) is 27.2. The number of pyridine rings is 1. The maximum Gasteiger partial charge on any atom is 0.354 e. The Morgan fingerprint density at radius 3 is 2.52 bits per heavy atom. The summed E-state index contributed by atoms with van der Waals surface area (Å²) >= 11 is 0.935. The predicted molar refractivity (Wildman–Crippen MR) is 157 cm³/mol. The molecule has 8 nitrogen and oxygen atoms in total. The number of nitrogens with zero attached hydrogens (tertiary/aromatic N) is 2. The molecule has 218 valence electrons. The van der Waals surface area contributed by atoms with Crippen molar-refractivity contribution in [1.82, 2.24) is 9.47 Å². The van der Waals surface area contributed by atoms with E-state index in [0.29, 0.717) is 11.5 Å². The van der Waals surface area contributed by atoms with E-state index in [4.69, 9.17) is 13.9 Å². The monoisotopic (exact) mass is 590 g/mol. The summed E-state index contributed by atoms with van der Waals surface area (Å²) in [7, 11) is 0. The maximum absolute atomic E-state index is 14.2. The second-order valence-electron chi connectivity index (χ2n) is 11.2. The van der Waals surface area contributed by atoms with Crippen LogP contribution in [0.25, 0.3) is 16.7 Å². The minimum Gasteiger partial charge on any atom is -0.505 e. The van der Waals surface area contributed by atoms with Crippen LogP contribution < -0.4 is 15.9 Å². The number of aromatic nitrogens is 1. The molecule has 4 aromatic rings. The van der Waals surface area contributed by atoms with Crippen LogP contribution in [0.15, 0.2) is 72.3 Å². The molecule has 2 aromatic carbocycles. The van der Waals surface area contributed by atoms with Crippen LogP contribution in [0.4, 0.5) is 4.39 Å². The van der Waals surface area contributed by atoms with Crippen molar-refractivity contribution >= 4 is 22.7 Å². The third kappa shape index (κ3) is 4.62. The summed E-state index contributed by atoms with van der Waals surface area (Å²) in [6, 6.07) is 13.2. The number of morpholine rings is 1. The molecule has 4 heterocycles. The average Bonchev–Trinajstić information content (AvgIpc) is 3.25. The first-order valence-corrected chi connectivity index (χ1v) is 15.2. The van der Waals surface area contributed by atoms with Crippen LogP contribution in [0.5, 0.6) is 11.5 Å². The molecule has 0 radical (unpaired) electrons. The summed E-state index contributed by atoms with van der Waals surface area (Å²) < 4.78 is 32.4. The lowest BCUT2D eigenvalue weighted by atomic mass is 9.68. The van der Waals surface area contributed by atoms with Gasteiger partial charge in [0.2, 0.25) is 0 Å². The van der Waals surface area contributed by atoms with Crippen LogP contribution in [0.1, 0.15) is 43.4 Å². The van der Waals surface area contributed by atoms with Gasteiger partial charge in [0.1, 0.15) is 34.0 Å². The van der Waals surface area contributed by atoms with Crippen molar-refractivity contribution in [3.63, 3.8) is 0 Å². The van der Waals surface area contributed by atoms with E-state index in [9.17, 15) is 19.1 Å². The number of aromatic hydroxyl groups is 1. The third-order valence-corrected chi connectivity index (χ3v) is 9.82. The summed E-state index contributed by atoms with van der Waals surface area (Å²) in [6.45, 7) is 4.64. The van der Waals surface area contributed by atoms with Crippen LogP contribution in [0.3, 0.4) is 0 Å². The minimum atomic E-state index is -0.747. The molecule has 0 bridgehead atoms. The number of fused-ring (bicyclic) bond motifs is 6. The first-order valence-electron chi connectivity index (χ1n) is 14.4. The fourth-order valence-electron chi connectivity index (χ4n) is 6.66. The van der Waals surface area contributed by atoms with Gasteiger partial charge >= 0.3 is 5.63 Å². The number of ether oxygens (including phenoxy) is 2. The molecule has 1 saturated heterocycles. The first-order chi connectivity index (χ1) is 20.4. The highest BCUT2D eigenvalue weighted by atomic mass is 32.2.